The lowest BCUT2D eigenvalue weighted by Crippen LogP contribution is -2.35. The average Bonchev–Trinajstić information content (AvgIpc) is 3.14. The molecule has 4 aromatic rings. The van der Waals surface area contributed by atoms with Gasteiger partial charge in [-0.15, -0.1) is 0 Å². The molecule has 0 spiro atoms. The molecule has 41 heavy (non-hydrogen) atoms. The summed E-state index contributed by atoms with van der Waals surface area (Å²) in [5, 5.41) is 0. The van der Waals surface area contributed by atoms with Crippen LogP contribution in [0.15, 0.2) is 78.9 Å². The van der Waals surface area contributed by atoms with Crippen molar-refractivity contribution in [3.63, 3.8) is 0 Å². The number of likely N-dealkylation sites (N-methyl/N-ethyl adjacent to an activating group) is 1. The maximum Gasteiger partial charge on any atom is 0.270 e. The van der Waals surface area contributed by atoms with Crippen LogP contribution in [-0.2, 0) is 13.1 Å². The van der Waals surface area contributed by atoms with Crippen molar-refractivity contribution in [1.29, 1.82) is 0 Å². The van der Waals surface area contributed by atoms with Gasteiger partial charge in [-0.25, -0.2) is 0 Å². The number of anilines is 1. The predicted molar refractivity (Wildman–Crippen MR) is 162 cm³/mol. The van der Waals surface area contributed by atoms with Gasteiger partial charge in [-0.2, -0.15) is 0 Å². The highest BCUT2D eigenvalue weighted by Gasteiger charge is 2.29. The van der Waals surface area contributed by atoms with E-state index in [1.165, 1.54) is 0 Å². The van der Waals surface area contributed by atoms with Crippen molar-refractivity contribution in [1.82, 2.24) is 14.4 Å². The minimum Gasteiger partial charge on any atom is -0.497 e. The summed E-state index contributed by atoms with van der Waals surface area (Å²) >= 11 is 0. The molecule has 0 N–H and O–H groups in total. The minimum absolute atomic E-state index is 0.0594. The summed E-state index contributed by atoms with van der Waals surface area (Å²) in [7, 11) is 3.77. The molecule has 2 aliphatic heterocycles. The molecule has 1 aromatic heterocycles. The Balaban J connectivity index is 1.32. The summed E-state index contributed by atoms with van der Waals surface area (Å²) < 4.78 is 7.50. The fourth-order valence-corrected chi connectivity index (χ4v) is 6.01. The molecule has 2 amide bonds. The SMILES string of the molecule is COc1cccc(-c2ccc(C(=O)N3Cc4ccc(C(=O)N5CCCN(C)CC5)n4Cc4ccccc43)cc2C)c1. The van der Waals surface area contributed by atoms with E-state index in [1.54, 1.807) is 7.11 Å². The van der Waals surface area contributed by atoms with Gasteiger partial charge in [0.1, 0.15) is 11.4 Å². The van der Waals surface area contributed by atoms with Gasteiger partial charge in [-0.1, -0.05) is 36.4 Å². The van der Waals surface area contributed by atoms with Gasteiger partial charge in [0.05, 0.1) is 20.2 Å². The van der Waals surface area contributed by atoms with E-state index in [-0.39, 0.29) is 11.8 Å². The highest BCUT2D eigenvalue weighted by molar-refractivity contribution is 6.07. The number of aromatic nitrogens is 1. The minimum atomic E-state index is -0.0594. The molecule has 0 bridgehead atoms. The molecule has 2 aliphatic rings. The van der Waals surface area contributed by atoms with Crippen LogP contribution in [0, 0.1) is 6.92 Å². The van der Waals surface area contributed by atoms with Gasteiger partial charge in [0.25, 0.3) is 11.8 Å². The van der Waals surface area contributed by atoms with E-state index in [0.29, 0.717) is 24.3 Å². The summed E-state index contributed by atoms with van der Waals surface area (Å²) in [5.41, 5.74) is 7.30. The number of hydrogen-bond donors (Lipinski definition) is 0. The van der Waals surface area contributed by atoms with Crippen molar-refractivity contribution < 1.29 is 14.3 Å². The second-order valence-corrected chi connectivity index (χ2v) is 11.0. The molecule has 0 saturated carbocycles. The fraction of sp³-hybridized carbons (Fsp3) is 0.294. The number of aryl methyl sites for hydroxylation is 1. The number of nitrogens with zero attached hydrogens (tertiary/aromatic N) is 4. The zero-order valence-corrected chi connectivity index (χ0v) is 24.0. The van der Waals surface area contributed by atoms with Crippen LogP contribution < -0.4 is 9.64 Å². The van der Waals surface area contributed by atoms with Crippen LogP contribution in [-0.4, -0.2) is 66.5 Å². The first-order chi connectivity index (χ1) is 19.9. The average molecular weight is 549 g/mol. The van der Waals surface area contributed by atoms with Gasteiger partial charge in [0.15, 0.2) is 0 Å². The molecule has 0 radical (unpaired) electrons. The van der Waals surface area contributed by atoms with Crippen LogP contribution in [0.4, 0.5) is 5.69 Å². The normalized spacial score (nSPS) is 15.5. The molecule has 210 valence electrons. The molecule has 7 nitrogen and oxygen atoms in total. The molecule has 1 saturated heterocycles. The molecule has 3 aromatic carbocycles. The molecule has 3 heterocycles. The number of methoxy groups -OCH3 is 1. The highest BCUT2D eigenvalue weighted by Crippen LogP contribution is 2.32. The smallest absolute Gasteiger partial charge is 0.270 e. The van der Waals surface area contributed by atoms with Crippen LogP contribution in [0.5, 0.6) is 5.75 Å². The van der Waals surface area contributed by atoms with Gasteiger partial charge in [-0.3, -0.25) is 9.59 Å². The van der Waals surface area contributed by atoms with Gasteiger partial charge in [0, 0.05) is 36.6 Å². The summed E-state index contributed by atoms with van der Waals surface area (Å²) in [4.78, 5) is 33.9. The number of benzene rings is 3. The van der Waals surface area contributed by atoms with Crippen molar-refractivity contribution in [3.8, 4) is 16.9 Å². The van der Waals surface area contributed by atoms with Crippen molar-refractivity contribution in [2.75, 3.05) is 45.2 Å². The van der Waals surface area contributed by atoms with E-state index in [1.807, 2.05) is 89.5 Å². The third-order valence-corrected chi connectivity index (χ3v) is 8.33. The van der Waals surface area contributed by atoms with Crippen molar-refractivity contribution in [3.05, 3.63) is 107 Å². The number of carbonyl (C=O) groups is 2. The standard InChI is InChI=1S/C34H36N4O3/c1-24-20-26(12-14-30(24)25-9-6-10-29(21-25)41-3)33(39)38-23-28-13-15-32(34(40)36-17-7-16-35(2)18-19-36)37(28)22-27-8-4-5-11-31(27)38/h4-6,8-15,20-21H,7,16-19,22-23H2,1-3H3. The van der Waals surface area contributed by atoms with Crippen LogP contribution in [0.1, 0.15) is 44.1 Å². The monoisotopic (exact) mass is 548 g/mol. The first-order valence-corrected chi connectivity index (χ1v) is 14.2. The van der Waals surface area contributed by atoms with Gasteiger partial charge < -0.3 is 24.0 Å². The number of rotatable bonds is 4. The molecular formula is C34H36N4O3. The summed E-state index contributed by atoms with van der Waals surface area (Å²) in [6.07, 6.45) is 0.969. The van der Waals surface area contributed by atoms with Crippen LogP contribution in [0.3, 0.4) is 0 Å². The van der Waals surface area contributed by atoms with E-state index in [4.69, 9.17) is 4.74 Å². The van der Waals surface area contributed by atoms with Gasteiger partial charge in [0.2, 0.25) is 0 Å². The summed E-state index contributed by atoms with van der Waals surface area (Å²) in [6, 6.07) is 25.8. The number of amides is 2. The molecular weight excluding hydrogens is 512 g/mol. The van der Waals surface area contributed by atoms with Crippen molar-refractivity contribution >= 4 is 17.5 Å². The quantitative estimate of drug-likeness (QED) is 0.340. The second-order valence-electron chi connectivity index (χ2n) is 11.0. The fourth-order valence-electron chi connectivity index (χ4n) is 6.01. The number of para-hydroxylation sites is 1. The lowest BCUT2D eigenvalue weighted by atomic mass is 9.97. The Hall–Kier alpha value is -4.36. The predicted octanol–water partition coefficient (Wildman–Crippen LogP) is 5.46. The van der Waals surface area contributed by atoms with Crippen LogP contribution in [0.25, 0.3) is 11.1 Å². The summed E-state index contributed by atoms with van der Waals surface area (Å²) in [6.45, 7) is 6.33. The first kappa shape index (κ1) is 26.8. The second kappa shape index (κ2) is 11.3. The molecule has 0 atom stereocenters. The Morgan fingerprint density at radius 2 is 1.66 bits per heavy atom. The zero-order valence-electron chi connectivity index (χ0n) is 24.0. The van der Waals surface area contributed by atoms with Crippen molar-refractivity contribution in [2.45, 2.75) is 26.4 Å². The Bertz CT molecular complexity index is 1610. The van der Waals surface area contributed by atoms with Crippen LogP contribution >= 0.6 is 0 Å². The molecule has 6 rings (SSSR count). The Labute approximate surface area is 241 Å². The van der Waals surface area contributed by atoms with Gasteiger partial charge in [-0.05, 0) is 91.7 Å². The van der Waals surface area contributed by atoms with Gasteiger partial charge >= 0.3 is 0 Å². The summed E-state index contributed by atoms with van der Waals surface area (Å²) in [5.74, 6) is 0.802. The lowest BCUT2D eigenvalue weighted by molar-refractivity contribution is 0.0752. The Morgan fingerprint density at radius 1 is 0.805 bits per heavy atom. The highest BCUT2D eigenvalue weighted by atomic mass is 16.5. The number of ether oxygens (including phenoxy) is 1. The van der Waals surface area contributed by atoms with Crippen molar-refractivity contribution in [2.24, 2.45) is 0 Å². The Kier molecular flexibility index (Phi) is 7.37. The van der Waals surface area contributed by atoms with E-state index >= 15 is 0 Å². The molecule has 1 fully saturated rings. The van der Waals surface area contributed by atoms with E-state index < -0.39 is 0 Å². The van der Waals surface area contributed by atoms with E-state index in [2.05, 4.69) is 22.6 Å². The molecule has 7 heteroatoms. The molecule has 0 unspecified atom stereocenters. The van der Waals surface area contributed by atoms with E-state index in [0.717, 1.165) is 72.0 Å². The lowest BCUT2D eigenvalue weighted by Gasteiger charge is -2.23. The Morgan fingerprint density at radius 3 is 2.49 bits per heavy atom. The maximum absolute atomic E-state index is 14.1. The number of fused-ring (bicyclic) bond motifs is 2. The topological polar surface area (TPSA) is 58.0 Å². The number of hydrogen-bond acceptors (Lipinski definition) is 4. The molecule has 0 aliphatic carbocycles. The maximum atomic E-state index is 14.1. The van der Waals surface area contributed by atoms with Crippen LogP contribution in [0.2, 0.25) is 0 Å². The van der Waals surface area contributed by atoms with E-state index in [9.17, 15) is 9.59 Å². The first-order valence-electron chi connectivity index (χ1n) is 14.2. The largest absolute Gasteiger partial charge is 0.497 e. The number of carbonyl (C=O) groups excluding carboxylic acids is 2. The third kappa shape index (κ3) is 5.25. The zero-order chi connectivity index (χ0) is 28.5. The third-order valence-electron chi connectivity index (χ3n) is 8.33.